The second kappa shape index (κ2) is 4.45. The minimum atomic E-state index is -0.0367. The van der Waals surface area contributed by atoms with Crippen LogP contribution in [0.25, 0.3) is 11.0 Å². The second-order valence-corrected chi connectivity index (χ2v) is 3.90. The summed E-state index contributed by atoms with van der Waals surface area (Å²) in [5, 5.41) is 0. The molecular formula is C14H15N2O. The predicted molar refractivity (Wildman–Crippen MR) is 71.1 cm³/mol. The standard InChI is InChI=1S/C14H15N2O/c1-4-8-15-12-7-6-11(3)10-13(12)16(9-5-2)14(15)17/h4-7,10H,1-3,8-9H2. The normalized spacial score (nSPS) is 10.6. The lowest BCUT2D eigenvalue weighted by Gasteiger charge is -1.99. The third kappa shape index (κ3) is 1.84. The summed E-state index contributed by atoms with van der Waals surface area (Å²) in [6.07, 6.45) is 3.44. The lowest BCUT2D eigenvalue weighted by Crippen LogP contribution is -2.23. The average Bonchev–Trinajstić information content (AvgIpc) is 2.55. The average molecular weight is 227 g/mol. The first-order valence-electron chi connectivity index (χ1n) is 5.46. The maximum atomic E-state index is 12.2. The molecule has 0 aliphatic rings. The molecule has 87 valence electrons. The molecule has 1 radical (unpaired) electrons. The SMILES string of the molecule is [CH2]c1ccc2c(c1)n(CC=C)c(=O)n2CC=C. The van der Waals surface area contributed by atoms with E-state index in [4.69, 9.17) is 0 Å². The van der Waals surface area contributed by atoms with Crippen LogP contribution in [-0.4, -0.2) is 9.13 Å². The van der Waals surface area contributed by atoms with Crippen LogP contribution in [0.4, 0.5) is 0 Å². The van der Waals surface area contributed by atoms with E-state index in [2.05, 4.69) is 20.1 Å². The molecule has 3 nitrogen and oxygen atoms in total. The van der Waals surface area contributed by atoms with E-state index in [0.717, 1.165) is 16.6 Å². The molecule has 0 saturated carbocycles. The molecule has 0 saturated heterocycles. The van der Waals surface area contributed by atoms with E-state index in [9.17, 15) is 4.79 Å². The molecule has 0 N–H and O–H groups in total. The number of benzene rings is 1. The topological polar surface area (TPSA) is 26.9 Å². The summed E-state index contributed by atoms with van der Waals surface area (Å²) in [7, 11) is 0. The molecule has 1 aromatic carbocycles. The highest BCUT2D eigenvalue weighted by Crippen LogP contribution is 2.15. The molecule has 0 spiro atoms. The first-order valence-corrected chi connectivity index (χ1v) is 5.46. The Bertz CT molecular complexity index is 631. The molecule has 0 fully saturated rings. The summed E-state index contributed by atoms with van der Waals surface area (Å²) in [6, 6.07) is 5.74. The van der Waals surface area contributed by atoms with Gasteiger partial charge in [-0.2, -0.15) is 0 Å². The van der Waals surface area contributed by atoms with Crippen molar-refractivity contribution in [1.29, 1.82) is 0 Å². The van der Waals surface area contributed by atoms with Gasteiger partial charge in [-0.05, 0) is 24.6 Å². The zero-order chi connectivity index (χ0) is 12.4. The Morgan fingerprint density at radius 1 is 1.06 bits per heavy atom. The van der Waals surface area contributed by atoms with Crippen LogP contribution in [0, 0.1) is 6.92 Å². The molecule has 0 aliphatic heterocycles. The quantitative estimate of drug-likeness (QED) is 0.737. The summed E-state index contributed by atoms with van der Waals surface area (Å²) in [5.41, 5.74) is 2.66. The molecule has 0 amide bonds. The van der Waals surface area contributed by atoms with Crippen molar-refractivity contribution >= 4 is 11.0 Å². The molecular weight excluding hydrogens is 212 g/mol. The van der Waals surface area contributed by atoms with Crippen LogP contribution in [0.1, 0.15) is 5.56 Å². The first kappa shape index (κ1) is 11.5. The molecule has 0 unspecified atom stereocenters. The van der Waals surface area contributed by atoms with E-state index in [1.54, 1.807) is 21.3 Å². The minimum absolute atomic E-state index is 0.0367. The van der Waals surface area contributed by atoms with Crippen LogP contribution in [0.2, 0.25) is 0 Å². The lowest BCUT2D eigenvalue weighted by molar-refractivity contribution is 0.719. The van der Waals surface area contributed by atoms with Gasteiger partial charge in [0.2, 0.25) is 0 Å². The molecule has 2 aromatic rings. The fourth-order valence-electron chi connectivity index (χ4n) is 1.98. The van der Waals surface area contributed by atoms with Crippen LogP contribution in [0.15, 0.2) is 48.3 Å². The number of aromatic nitrogens is 2. The van der Waals surface area contributed by atoms with E-state index >= 15 is 0 Å². The van der Waals surface area contributed by atoms with E-state index in [1.807, 2.05) is 18.2 Å². The van der Waals surface area contributed by atoms with Gasteiger partial charge in [-0.25, -0.2) is 4.79 Å². The molecule has 2 rings (SSSR count). The van der Waals surface area contributed by atoms with Crippen molar-refractivity contribution in [3.05, 3.63) is 66.5 Å². The molecule has 0 atom stereocenters. The van der Waals surface area contributed by atoms with E-state index < -0.39 is 0 Å². The van der Waals surface area contributed by atoms with Gasteiger partial charge >= 0.3 is 5.69 Å². The van der Waals surface area contributed by atoms with Gasteiger partial charge < -0.3 is 0 Å². The number of rotatable bonds is 4. The van der Waals surface area contributed by atoms with Crippen LogP contribution in [0.5, 0.6) is 0 Å². The molecule has 1 aromatic heterocycles. The number of hydrogen-bond donors (Lipinski definition) is 0. The summed E-state index contributed by atoms with van der Waals surface area (Å²) >= 11 is 0. The molecule has 17 heavy (non-hydrogen) atoms. The largest absolute Gasteiger partial charge is 0.329 e. The van der Waals surface area contributed by atoms with Crippen molar-refractivity contribution in [1.82, 2.24) is 9.13 Å². The summed E-state index contributed by atoms with van der Waals surface area (Å²) in [6.45, 7) is 12.3. The number of fused-ring (bicyclic) bond motifs is 1. The van der Waals surface area contributed by atoms with E-state index in [0.29, 0.717) is 13.1 Å². The van der Waals surface area contributed by atoms with Crippen LogP contribution < -0.4 is 5.69 Å². The minimum Gasteiger partial charge on any atom is -0.288 e. The number of imidazole rings is 1. The highest BCUT2D eigenvalue weighted by Gasteiger charge is 2.10. The van der Waals surface area contributed by atoms with Crippen molar-refractivity contribution in [3.63, 3.8) is 0 Å². The number of allylic oxidation sites excluding steroid dienone is 2. The van der Waals surface area contributed by atoms with Crippen molar-refractivity contribution in [2.75, 3.05) is 0 Å². The van der Waals surface area contributed by atoms with Crippen molar-refractivity contribution in [2.24, 2.45) is 0 Å². The number of nitrogens with zero attached hydrogens (tertiary/aromatic N) is 2. The maximum absolute atomic E-state index is 12.2. The summed E-state index contributed by atoms with van der Waals surface area (Å²) in [5.74, 6) is 0. The Morgan fingerprint density at radius 2 is 1.65 bits per heavy atom. The fraction of sp³-hybridized carbons (Fsp3) is 0.143. The lowest BCUT2D eigenvalue weighted by atomic mass is 10.2. The van der Waals surface area contributed by atoms with Crippen LogP contribution in [0.3, 0.4) is 0 Å². The Labute approximate surface area is 100 Å². The first-order chi connectivity index (χ1) is 8.19. The van der Waals surface area contributed by atoms with Gasteiger partial charge in [0.25, 0.3) is 0 Å². The molecule has 0 bridgehead atoms. The Morgan fingerprint density at radius 3 is 2.24 bits per heavy atom. The van der Waals surface area contributed by atoms with Crippen molar-refractivity contribution in [3.8, 4) is 0 Å². The third-order valence-electron chi connectivity index (χ3n) is 2.71. The van der Waals surface area contributed by atoms with Crippen LogP contribution in [-0.2, 0) is 13.1 Å². The monoisotopic (exact) mass is 227 g/mol. The zero-order valence-corrected chi connectivity index (χ0v) is 9.72. The molecule has 1 heterocycles. The van der Waals surface area contributed by atoms with Gasteiger partial charge in [-0.15, -0.1) is 13.2 Å². The Hall–Kier alpha value is -2.03. The summed E-state index contributed by atoms with van der Waals surface area (Å²) < 4.78 is 3.39. The zero-order valence-electron chi connectivity index (χ0n) is 9.72. The Kier molecular flexibility index (Phi) is 3.00. The van der Waals surface area contributed by atoms with E-state index in [-0.39, 0.29) is 5.69 Å². The van der Waals surface area contributed by atoms with Gasteiger partial charge in [0.1, 0.15) is 0 Å². The maximum Gasteiger partial charge on any atom is 0.329 e. The Balaban J connectivity index is 2.82. The van der Waals surface area contributed by atoms with Crippen molar-refractivity contribution in [2.45, 2.75) is 13.1 Å². The van der Waals surface area contributed by atoms with Gasteiger partial charge in [0.05, 0.1) is 11.0 Å². The molecule has 3 heteroatoms. The van der Waals surface area contributed by atoms with Crippen molar-refractivity contribution < 1.29 is 0 Å². The third-order valence-corrected chi connectivity index (χ3v) is 2.71. The number of hydrogen-bond acceptors (Lipinski definition) is 1. The fourth-order valence-corrected chi connectivity index (χ4v) is 1.98. The highest BCUT2D eigenvalue weighted by molar-refractivity contribution is 5.77. The van der Waals surface area contributed by atoms with E-state index in [1.165, 1.54) is 0 Å². The smallest absolute Gasteiger partial charge is 0.288 e. The highest BCUT2D eigenvalue weighted by atomic mass is 16.1. The predicted octanol–water partition coefficient (Wildman–Crippen LogP) is 2.36. The van der Waals surface area contributed by atoms with Gasteiger partial charge in [0.15, 0.2) is 0 Å². The molecule has 0 aliphatic carbocycles. The second-order valence-electron chi connectivity index (χ2n) is 3.90. The summed E-state index contributed by atoms with van der Waals surface area (Å²) in [4.78, 5) is 12.2. The van der Waals surface area contributed by atoms with Gasteiger partial charge in [-0.3, -0.25) is 9.13 Å². The van der Waals surface area contributed by atoms with Gasteiger partial charge in [0, 0.05) is 13.1 Å². The van der Waals surface area contributed by atoms with Gasteiger partial charge in [-0.1, -0.05) is 18.2 Å². The van der Waals surface area contributed by atoms with Crippen LogP contribution >= 0.6 is 0 Å².